The van der Waals surface area contributed by atoms with Gasteiger partial charge in [0.1, 0.15) is 5.78 Å². The van der Waals surface area contributed by atoms with E-state index in [4.69, 9.17) is 0 Å². The molecule has 0 aliphatic rings. The fourth-order valence-corrected chi connectivity index (χ4v) is 1.46. The van der Waals surface area contributed by atoms with Crippen molar-refractivity contribution in [3.63, 3.8) is 0 Å². The van der Waals surface area contributed by atoms with Crippen molar-refractivity contribution in [2.45, 2.75) is 59.8 Å². The quantitative estimate of drug-likeness (QED) is 0.595. The molecule has 0 heterocycles. The Bertz CT molecular complexity index is 136. The molecule has 0 radical (unpaired) electrons. The molecule has 0 N–H and O–H groups in total. The predicted molar refractivity (Wildman–Crippen MR) is 53.2 cm³/mol. The molecule has 0 aliphatic carbocycles. The van der Waals surface area contributed by atoms with Gasteiger partial charge in [0.15, 0.2) is 0 Å². The van der Waals surface area contributed by atoms with Crippen LogP contribution in [0.4, 0.5) is 0 Å². The van der Waals surface area contributed by atoms with Crippen LogP contribution in [0, 0.1) is 5.41 Å². The summed E-state index contributed by atoms with van der Waals surface area (Å²) in [5, 5.41) is 0. The van der Waals surface area contributed by atoms with Crippen molar-refractivity contribution >= 4 is 5.78 Å². The van der Waals surface area contributed by atoms with Gasteiger partial charge in [-0.25, -0.2) is 0 Å². The minimum absolute atomic E-state index is 0.361. The van der Waals surface area contributed by atoms with Gasteiger partial charge in [-0.1, -0.05) is 34.1 Å². The van der Waals surface area contributed by atoms with Gasteiger partial charge in [-0.15, -0.1) is 0 Å². The standard InChI is InChI=1S/C11H22O/c1-5-8-11(3,4)9-7-10(12)6-2/h5-9H2,1-4H3. The second-order valence-corrected chi connectivity index (χ2v) is 4.31. The van der Waals surface area contributed by atoms with Crippen LogP contribution >= 0.6 is 0 Å². The Labute approximate surface area is 76.6 Å². The Balaban J connectivity index is 3.67. The zero-order valence-corrected chi connectivity index (χ0v) is 8.94. The van der Waals surface area contributed by atoms with Crippen LogP contribution in [-0.2, 0) is 4.79 Å². The van der Waals surface area contributed by atoms with Gasteiger partial charge in [0.25, 0.3) is 0 Å². The van der Waals surface area contributed by atoms with E-state index < -0.39 is 0 Å². The minimum Gasteiger partial charge on any atom is -0.300 e. The molecule has 0 aromatic rings. The van der Waals surface area contributed by atoms with Crippen LogP contribution in [0.1, 0.15) is 59.8 Å². The fourth-order valence-electron chi connectivity index (χ4n) is 1.46. The zero-order valence-electron chi connectivity index (χ0n) is 8.94. The molecule has 0 saturated carbocycles. The first-order chi connectivity index (χ1) is 5.52. The number of rotatable bonds is 6. The van der Waals surface area contributed by atoms with Crippen molar-refractivity contribution in [2.24, 2.45) is 5.41 Å². The van der Waals surface area contributed by atoms with E-state index >= 15 is 0 Å². The van der Waals surface area contributed by atoms with E-state index in [1.807, 2.05) is 6.92 Å². The lowest BCUT2D eigenvalue weighted by atomic mass is 9.83. The summed E-state index contributed by atoms with van der Waals surface area (Å²) in [6, 6.07) is 0. The summed E-state index contributed by atoms with van der Waals surface area (Å²) >= 11 is 0. The molecule has 0 aliphatic heterocycles. The van der Waals surface area contributed by atoms with Crippen LogP contribution in [0.25, 0.3) is 0 Å². The summed E-state index contributed by atoms with van der Waals surface area (Å²) in [5.74, 6) is 0.402. The molecule has 12 heavy (non-hydrogen) atoms. The minimum atomic E-state index is 0.361. The van der Waals surface area contributed by atoms with E-state index in [2.05, 4.69) is 20.8 Å². The molecule has 72 valence electrons. The summed E-state index contributed by atoms with van der Waals surface area (Å²) in [6.45, 7) is 8.64. The van der Waals surface area contributed by atoms with Gasteiger partial charge in [-0.2, -0.15) is 0 Å². The Kier molecular flexibility index (Phi) is 5.19. The highest BCUT2D eigenvalue weighted by Gasteiger charge is 2.17. The Morgan fingerprint density at radius 3 is 2.17 bits per heavy atom. The molecule has 0 fully saturated rings. The van der Waals surface area contributed by atoms with E-state index in [0.29, 0.717) is 17.6 Å². The lowest BCUT2D eigenvalue weighted by Crippen LogP contribution is -2.12. The molecule has 0 amide bonds. The fraction of sp³-hybridized carbons (Fsp3) is 0.909. The molecule has 0 aromatic carbocycles. The lowest BCUT2D eigenvalue weighted by Gasteiger charge is -2.23. The molecule has 1 nitrogen and oxygen atoms in total. The highest BCUT2D eigenvalue weighted by Crippen LogP contribution is 2.28. The lowest BCUT2D eigenvalue weighted by molar-refractivity contribution is -0.119. The summed E-state index contributed by atoms with van der Waals surface area (Å²) < 4.78 is 0. The third-order valence-corrected chi connectivity index (χ3v) is 2.40. The van der Waals surface area contributed by atoms with Crippen LogP contribution in [0.2, 0.25) is 0 Å². The maximum absolute atomic E-state index is 11.1. The van der Waals surface area contributed by atoms with Crippen molar-refractivity contribution in [3.8, 4) is 0 Å². The monoisotopic (exact) mass is 170 g/mol. The largest absolute Gasteiger partial charge is 0.300 e. The van der Waals surface area contributed by atoms with Gasteiger partial charge < -0.3 is 0 Å². The normalized spacial score (nSPS) is 11.7. The molecular weight excluding hydrogens is 148 g/mol. The molecule has 0 unspecified atom stereocenters. The number of Topliss-reactive ketones (excluding diaryl/α,β-unsaturated/α-hetero) is 1. The average molecular weight is 170 g/mol. The number of carbonyl (C=O) groups excluding carboxylic acids is 1. The van der Waals surface area contributed by atoms with Gasteiger partial charge in [0.05, 0.1) is 0 Å². The second-order valence-electron chi connectivity index (χ2n) is 4.31. The maximum atomic E-state index is 11.1. The van der Waals surface area contributed by atoms with Crippen molar-refractivity contribution in [3.05, 3.63) is 0 Å². The molecule has 0 spiro atoms. The second kappa shape index (κ2) is 5.34. The molecule has 1 heteroatoms. The molecule has 0 rings (SSSR count). The van der Waals surface area contributed by atoms with Crippen LogP contribution in [0.5, 0.6) is 0 Å². The van der Waals surface area contributed by atoms with Crippen LogP contribution in [0.3, 0.4) is 0 Å². The van der Waals surface area contributed by atoms with Gasteiger partial charge >= 0.3 is 0 Å². The summed E-state index contributed by atoms with van der Waals surface area (Å²) in [7, 11) is 0. The highest BCUT2D eigenvalue weighted by atomic mass is 16.1. The van der Waals surface area contributed by atoms with Gasteiger partial charge in [-0.05, 0) is 18.3 Å². The predicted octanol–water partition coefficient (Wildman–Crippen LogP) is 3.57. The Hall–Kier alpha value is -0.330. The Morgan fingerprint density at radius 2 is 1.75 bits per heavy atom. The topological polar surface area (TPSA) is 17.1 Å². The van der Waals surface area contributed by atoms with E-state index in [1.165, 1.54) is 12.8 Å². The summed E-state index contributed by atoms with van der Waals surface area (Å²) in [5.41, 5.74) is 0.361. The summed E-state index contributed by atoms with van der Waals surface area (Å²) in [4.78, 5) is 11.1. The maximum Gasteiger partial charge on any atom is 0.132 e. The van der Waals surface area contributed by atoms with Crippen molar-refractivity contribution in [1.82, 2.24) is 0 Å². The molecule has 0 aromatic heterocycles. The average Bonchev–Trinajstić information content (AvgIpc) is 2.00. The van der Waals surface area contributed by atoms with E-state index in [1.54, 1.807) is 0 Å². The number of ketones is 1. The third kappa shape index (κ3) is 5.34. The van der Waals surface area contributed by atoms with E-state index in [9.17, 15) is 4.79 Å². The molecule has 0 atom stereocenters. The number of carbonyl (C=O) groups is 1. The first kappa shape index (κ1) is 11.7. The van der Waals surface area contributed by atoms with Crippen LogP contribution in [0.15, 0.2) is 0 Å². The molecule has 0 saturated heterocycles. The molecule has 0 bridgehead atoms. The van der Waals surface area contributed by atoms with Gasteiger partial charge in [-0.3, -0.25) is 4.79 Å². The number of hydrogen-bond donors (Lipinski definition) is 0. The van der Waals surface area contributed by atoms with Crippen LogP contribution < -0.4 is 0 Å². The van der Waals surface area contributed by atoms with Crippen LogP contribution in [-0.4, -0.2) is 5.78 Å². The zero-order chi connectivity index (χ0) is 9.61. The first-order valence-electron chi connectivity index (χ1n) is 5.03. The van der Waals surface area contributed by atoms with E-state index in [0.717, 1.165) is 12.8 Å². The van der Waals surface area contributed by atoms with Gasteiger partial charge in [0, 0.05) is 12.8 Å². The summed E-state index contributed by atoms with van der Waals surface area (Å²) in [6.07, 6.45) is 4.95. The number of hydrogen-bond acceptors (Lipinski definition) is 1. The van der Waals surface area contributed by atoms with Crippen molar-refractivity contribution in [2.75, 3.05) is 0 Å². The molecular formula is C11H22O. The smallest absolute Gasteiger partial charge is 0.132 e. The van der Waals surface area contributed by atoms with Crippen molar-refractivity contribution in [1.29, 1.82) is 0 Å². The highest BCUT2D eigenvalue weighted by molar-refractivity contribution is 5.77. The SMILES string of the molecule is CCCC(C)(C)CCC(=O)CC. The third-order valence-electron chi connectivity index (χ3n) is 2.40. The Morgan fingerprint density at radius 1 is 1.17 bits per heavy atom. The van der Waals surface area contributed by atoms with Gasteiger partial charge in [0.2, 0.25) is 0 Å². The van der Waals surface area contributed by atoms with E-state index in [-0.39, 0.29) is 0 Å². The first-order valence-corrected chi connectivity index (χ1v) is 5.03. The van der Waals surface area contributed by atoms with Crippen molar-refractivity contribution < 1.29 is 4.79 Å².